The third kappa shape index (κ3) is 2.68. The smallest absolute Gasteiger partial charge is 0.409 e. The Labute approximate surface area is 120 Å². The van der Waals surface area contributed by atoms with Gasteiger partial charge in [-0.2, -0.15) is 0 Å². The maximum absolute atomic E-state index is 10.6. The minimum atomic E-state index is -1.07. The van der Waals surface area contributed by atoms with Crippen molar-refractivity contribution >= 4 is 38.5 Å². The summed E-state index contributed by atoms with van der Waals surface area (Å²) >= 11 is 1.62. The number of hydrogen-bond donors (Lipinski definition) is 3. The van der Waals surface area contributed by atoms with Crippen molar-refractivity contribution in [3.05, 3.63) is 18.2 Å². The minimum absolute atomic E-state index is 0.208. The molecule has 7 heteroatoms. The first-order chi connectivity index (χ1) is 9.61. The molecule has 1 aliphatic rings. The second-order valence-electron chi connectivity index (χ2n) is 4.96. The molecule has 0 aliphatic carbocycles. The lowest BCUT2D eigenvalue weighted by Gasteiger charge is -2.30. The summed E-state index contributed by atoms with van der Waals surface area (Å²) in [5.74, 6) is 0. The number of nitrogens with one attached hydrogen (secondary N) is 1. The Morgan fingerprint density at radius 2 is 2.40 bits per heavy atom. The van der Waals surface area contributed by atoms with E-state index in [-0.39, 0.29) is 6.04 Å². The van der Waals surface area contributed by atoms with Gasteiger partial charge in [0.25, 0.3) is 0 Å². The number of benzene rings is 1. The van der Waals surface area contributed by atoms with Gasteiger partial charge in [-0.1, -0.05) is 11.3 Å². The van der Waals surface area contributed by atoms with Gasteiger partial charge in [-0.25, -0.2) is 9.78 Å². The molecule has 1 aromatic heterocycles. The maximum atomic E-state index is 10.6. The Kier molecular flexibility index (Phi) is 3.45. The third-order valence-corrected chi connectivity index (χ3v) is 4.45. The molecule has 0 saturated carbocycles. The Morgan fingerprint density at radius 3 is 3.15 bits per heavy atom. The molecule has 106 valence electrons. The van der Waals surface area contributed by atoms with Crippen LogP contribution in [0.1, 0.15) is 12.8 Å². The molecule has 6 nitrogen and oxygen atoms in total. The lowest BCUT2D eigenvalue weighted by atomic mass is 10.1. The van der Waals surface area contributed by atoms with Crippen LogP contribution in [0, 0.1) is 0 Å². The van der Waals surface area contributed by atoms with Crippen molar-refractivity contribution < 1.29 is 9.90 Å². The van der Waals surface area contributed by atoms with Crippen molar-refractivity contribution in [2.45, 2.75) is 18.9 Å². The van der Waals surface area contributed by atoms with Crippen LogP contribution in [0.4, 0.5) is 15.6 Å². The van der Waals surface area contributed by atoms with Gasteiger partial charge in [0, 0.05) is 24.8 Å². The van der Waals surface area contributed by atoms with E-state index < -0.39 is 6.09 Å². The van der Waals surface area contributed by atoms with E-state index in [0.29, 0.717) is 5.69 Å². The first-order valence-corrected chi connectivity index (χ1v) is 7.34. The number of amides is 1. The van der Waals surface area contributed by atoms with E-state index in [2.05, 4.69) is 15.2 Å². The highest BCUT2D eigenvalue weighted by molar-refractivity contribution is 7.22. The van der Waals surface area contributed by atoms with E-state index in [9.17, 15) is 4.79 Å². The first-order valence-electron chi connectivity index (χ1n) is 6.53. The fraction of sp³-hybridized carbons (Fsp3) is 0.385. The van der Waals surface area contributed by atoms with E-state index in [1.165, 1.54) is 0 Å². The van der Waals surface area contributed by atoms with Crippen molar-refractivity contribution in [1.29, 1.82) is 0 Å². The molecule has 3 rings (SSSR count). The number of thiazole rings is 1. The van der Waals surface area contributed by atoms with E-state index in [0.717, 1.165) is 41.3 Å². The number of hydrogen-bond acceptors (Lipinski definition) is 5. The Morgan fingerprint density at radius 1 is 1.55 bits per heavy atom. The summed E-state index contributed by atoms with van der Waals surface area (Å²) in [6, 6.07) is 5.61. The van der Waals surface area contributed by atoms with Gasteiger partial charge >= 0.3 is 6.09 Å². The van der Waals surface area contributed by atoms with Crippen LogP contribution < -0.4 is 16.0 Å². The summed E-state index contributed by atoms with van der Waals surface area (Å²) in [5, 5.41) is 12.0. The first kappa shape index (κ1) is 13.1. The predicted octanol–water partition coefficient (Wildman–Crippen LogP) is 2.31. The monoisotopic (exact) mass is 292 g/mol. The highest BCUT2D eigenvalue weighted by atomic mass is 32.1. The van der Waals surface area contributed by atoms with Crippen LogP contribution in [0.5, 0.6) is 0 Å². The molecule has 1 unspecified atom stereocenters. The quantitative estimate of drug-likeness (QED) is 0.790. The second kappa shape index (κ2) is 5.26. The van der Waals surface area contributed by atoms with Gasteiger partial charge in [-0.3, -0.25) is 5.32 Å². The fourth-order valence-electron chi connectivity index (χ4n) is 2.44. The summed E-state index contributed by atoms with van der Waals surface area (Å²) in [5.41, 5.74) is 7.35. The summed E-state index contributed by atoms with van der Waals surface area (Å²) in [6.45, 7) is 1.81. The lowest BCUT2D eigenvalue weighted by Crippen LogP contribution is -2.42. The number of fused-ring (bicyclic) bond motifs is 1. The van der Waals surface area contributed by atoms with Gasteiger partial charge in [0.2, 0.25) is 0 Å². The number of aromatic nitrogens is 1. The minimum Gasteiger partial charge on any atom is -0.465 e. The third-order valence-electron chi connectivity index (χ3n) is 3.36. The van der Waals surface area contributed by atoms with Crippen LogP contribution in [0.2, 0.25) is 0 Å². The average molecular weight is 292 g/mol. The molecule has 4 N–H and O–H groups in total. The van der Waals surface area contributed by atoms with Crippen molar-refractivity contribution in [2.75, 3.05) is 23.3 Å². The van der Waals surface area contributed by atoms with Crippen LogP contribution in [-0.4, -0.2) is 35.3 Å². The molecule has 0 bridgehead atoms. The van der Waals surface area contributed by atoms with Crippen LogP contribution in [-0.2, 0) is 0 Å². The number of anilines is 2. The molecular weight excluding hydrogens is 276 g/mol. The zero-order valence-corrected chi connectivity index (χ0v) is 11.7. The van der Waals surface area contributed by atoms with E-state index in [4.69, 9.17) is 10.8 Å². The number of carboxylic acid groups (broad SMARTS) is 1. The molecule has 0 spiro atoms. The number of nitrogens with two attached hydrogens (primary N) is 1. The molecule has 1 amide bonds. The molecule has 1 saturated heterocycles. The fourth-order valence-corrected chi connectivity index (χ4v) is 3.42. The van der Waals surface area contributed by atoms with E-state index >= 15 is 0 Å². The molecule has 1 aromatic carbocycles. The van der Waals surface area contributed by atoms with Crippen LogP contribution in [0.15, 0.2) is 18.2 Å². The zero-order chi connectivity index (χ0) is 14.1. The predicted molar refractivity (Wildman–Crippen MR) is 80.7 cm³/mol. The van der Waals surface area contributed by atoms with Gasteiger partial charge in [-0.15, -0.1) is 0 Å². The molecule has 1 aliphatic heterocycles. The number of piperidine rings is 1. The van der Waals surface area contributed by atoms with Crippen LogP contribution >= 0.6 is 11.3 Å². The Bertz CT molecular complexity index is 642. The van der Waals surface area contributed by atoms with Gasteiger partial charge in [0.15, 0.2) is 5.13 Å². The summed E-state index contributed by atoms with van der Waals surface area (Å²) < 4.78 is 1.05. The highest BCUT2D eigenvalue weighted by Gasteiger charge is 2.19. The lowest BCUT2D eigenvalue weighted by molar-refractivity contribution is 0.210. The molecule has 0 radical (unpaired) electrons. The summed E-state index contributed by atoms with van der Waals surface area (Å²) in [7, 11) is 0. The molecule has 2 aromatic rings. The zero-order valence-electron chi connectivity index (χ0n) is 10.9. The summed E-state index contributed by atoms with van der Waals surface area (Å²) in [6.07, 6.45) is 1.08. The van der Waals surface area contributed by atoms with Crippen molar-refractivity contribution in [3.8, 4) is 0 Å². The Hall–Kier alpha value is -1.86. The van der Waals surface area contributed by atoms with E-state index in [1.54, 1.807) is 23.5 Å². The van der Waals surface area contributed by atoms with Gasteiger partial charge < -0.3 is 15.7 Å². The normalized spacial score (nSPS) is 19.2. The van der Waals surface area contributed by atoms with Crippen molar-refractivity contribution in [3.63, 3.8) is 0 Å². The highest BCUT2D eigenvalue weighted by Crippen LogP contribution is 2.31. The SMILES string of the molecule is NC1CCCN(c2nc3cc(NC(=O)O)ccc3s2)C1. The standard InChI is InChI=1S/C13H16N4O2S/c14-8-2-1-5-17(7-8)12-16-10-6-9(15-13(18)19)3-4-11(10)20-12/h3-4,6,8,15H,1-2,5,7,14H2,(H,18,19). The van der Waals surface area contributed by atoms with Crippen molar-refractivity contribution in [1.82, 2.24) is 4.98 Å². The Balaban J connectivity index is 1.88. The van der Waals surface area contributed by atoms with Crippen LogP contribution in [0.25, 0.3) is 10.2 Å². The van der Waals surface area contributed by atoms with Gasteiger partial charge in [-0.05, 0) is 31.0 Å². The molecule has 1 fully saturated rings. The van der Waals surface area contributed by atoms with E-state index in [1.807, 2.05) is 6.07 Å². The largest absolute Gasteiger partial charge is 0.465 e. The van der Waals surface area contributed by atoms with Crippen LogP contribution in [0.3, 0.4) is 0 Å². The maximum Gasteiger partial charge on any atom is 0.409 e. The number of rotatable bonds is 2. The average Bonchev–Trinajstić information content (AvgIpc) is 2.81. The molecule has 2 heterocycles. The second-order valence-corrected chi connectivity index (χ2v) is 5.97. The summed E-state index contributed by atoms with van der Waals surface area (Å²) in [4.78, 5) is 17.4. The number of carbonyl (C=O) groups is 1. The molecular formula is C13H16N4O2S. The van der Waals surface area contributed by atoms with Gasteiger partial charge in [0.05, 0.1) is 10.2 Å². The topological polar surface area (TPSA) is 91.5 Å². The van der Waals surface area contributed by atoms with Crippen molar-refractivity contribution in [2.24, 2.45) is 5.73 Å². The molecule has 1 atom stereocenters. The van der Waals surface area contributed by atoms with Gasteiger partial charge in [0.1, 0.15) is 0 Å². The molecule has 20 heavy (non-hydrogen) atoms. The number of nitrogens with zero attached hydrogens (tertiary/aromatic N) is 2.